The standard InChI is InChI=1S/C20H23NO4/c1-20(2)13-21(15-7-5-6-8-16(15)25-20)19(22)12-14-9-10-17(23-3)18(11-14)24-4/h5-11H,12-13H2,1-4H3. The minimum absolute atomic E-state index is 0.0241. The van der Waals surface area contributed by atoms with Crippen LogP contribution < -0.4 is 19.1 Å². The summed E-state index contributed by atoms with van der Waals surface area (Å²) >= 11 is 0. The molecule has 1 aliphatic heterocycles. The molecule has 2 aromatic carbocycles. The van der Waals surface area contributed by atoms with Crippen LogP contribution in [0.2, 0.25) is 0 Å². The van der Waals surface area contributed by atoms with E-state index >= 15 is 0 Å². The Hall–Kier alpha value is -2.69. The smallest absolute Gasteiger partial charge is 0.231 e. The van der Waals surface area contributed by atoms with Gasteiger partial charge in [-0.3, -0.25) is 4.79 Å². The number of hydrogen-bond donors (Lipinski definition) is 0. The molecule has 1 amide bonds. The molecular weight excluding hydrogens is 318 g/mol. The molecule has 0 fully saturated rings. The van der Waals surface area contributed by atoms with Gasteiger partial charge in [-0.15, -0.1) is 0 Å². The maximum absolute atomic E-state index is 13.0. The van der Waals surface area contributed by atoms with Gasteiger partial charge in [0.1, 0.15) is 11.4 Å². The second-order valence-electron chi connectivity index (χ2n) is 6.68. The normalized spacial score (nSPS) is 15.1. The zero-order valence-electron chi connectivity index (χ0n) is 15.0. The van der Waals surface area contributed by atoms with Gasteiger partial charge in [-0.05, 0) is 43.7 Å². The molecule has 1 aliphatic rings. The van der Waals surface area contributed by atoms with Crippen LogP contribution in [0.15, 0.2) is 42.5 Å². The Balaban J connectivity index is 1.86. The van der Waals surface area contributed by atoms with E-state index in [1.807, 2.05) is 56.3 Å². The number of methoxy groups -OCH3 is 2. The van der Waals surface area contributed by atoms with Gasteiger partial charge < -0.3 is 19.1 Å². The van der Waals surface area contributed by atoms with E-state index in [2.05, 4.69) is 0 Å². The lowest BCUT2D eigenvalue weighted by Crippen LogP contribution is -2.49. The first-order valence-corrected chi connectivity index (χ1v) is 8.23. The molecule has 0 radical (unpaired) electrons. The van der Waals surface area contributed by atoms with E-state index < -0.39 is 5.60 Å². The molecule has 0 unspecified atom stereocenters. The van der Waals surface area contributed by atoms with Crippen LogP contribution in [-0.2, 0) is 11.2 Å². The van der Waals surface area contributed by atoms with Crippen molar-refractivity contribution in [2.45, 2.75) is 25.9 Å². The van der Waals surface area contributed by atoms with Gasteiger partial charge in [0.2, 0.25) is 5.91 Å². The molecule has 0 atom stereocenters. The Labute approximate surface area is 148 Å². The SMILES string of the molecule is COc1ccc(CC(=O)N2CC(C)(C)Oc3ccccc32)cc1OC. The minimum Gasteiger partial charge on any atom is -0.493 e. The van der Waals surface area contributed by atoms with Gasteiger partial charge in [-0.2, -0.15) is 0 Å². The Morgan fingerprint density at radius 1 is 1.12 bits per heavy atom. The molecule has 2 aromatic rings. The number of rotatable bonds is 4. The van der Waals surface area contributed by atoms with Gasteiger partial charge >= 0.3 is 0 Å². The zero-order valence-corrected chi connectivity index (χ0v) is 15.0. The lowest BCUT2D eigenvalue weighted by molar-refractivity contribution is -0.118. The molecule has 0 saturated heterocycles. The fraction of sp³-hybridized carbons (Fsp3) is 0.350. The molecule has 0 saturated carbocycles. The van der Waals surface area contributed by atoms with Crippen LogP contribution in [0.25, 0.3) is 0 Å². The highest BCUT2D eigenvalue weighted by Gasteiger charge is 2.34. The molecular formula is C20H23NO4. The maximum Gasteiger partial charge on any atom is 0.231 e. The van der Waals surface area contributed by atoms with E-state index in [0.29, 0.717) is 18.0 Å². The number of hydrogen-bond acceptors (Lipinski definition) is 4. The number of benzene rings is 2. The molecule has 1 heterocycles. The van der Waals surface area contributed by atoms with Crippen LogP contribution >= 0.6 is 0 Å². The average Bonchev–Trinajstić information content (AvgIpc) is 2.60. The molecule has 25 heavy (non-hydrogen) atoms. The van der Waals surface area contributed by atoms with Crippen LogP contribution in [0, 0.1) is 0 Å². The van der Waals surface area contributed by atoms with Crippen molar-refractivity contribution in [3.63, 3.8) is 0 Å². The predicted molar refractivity (Wildman–Crippen MR) is 96.8 cm³/mol. The van der Waals surface area contributed by atoms with Gasteiger partial charge in [-0.1, -0.05) is 18.2 Å². The molecule has 132 valence electrons. The number of fused-ring (bicyclic) bond motifs is 1. The van der Waals surface area contributed by atoms with Crippen LogP contribution in [0.3, 0.4) is 0 Å². The number of amides is 1. The van der Waals surface area contributed by atoms with Crippen molar-refractivity contribution in [2.75, 3.05) is 25.7 Å². The summed E-state index contributed by atoms with van der Waals surface area (Å²) in [4.78, 5) is 14.8. The first-order chi connectivity index (χ1) is 11.9. The van der Waals surface area contributed by atoms with Crippen molar-refractivity contribution in [3.8, 4) is 17.2 Å². The number of carbonyl (C=O) groups excluding carboxylic acids is 1. The lowest BCUT2D eigenvalue weighted by atomic mass is 10.0. The third-order valence-corrected chi connectivity index (χ3v) is 4.19. The molecule has 0 aromatic heterocycles. The summed E-state index contributed by atoms with van der Waals surface area (Å²) in [7, 11) is 3.18. The van der Waals surface area contributed by atoms with Gasteiger partial charge in [0.05, 0.1) is 32.9 Å². The summed E-state index contributed by atoms with van der Waals surface area (Å²) in [5.74, 6) is 2.03. The molecule has 0 spiro atoms. The van der Waals surface area contributed by atoms with E-state index in [9.17, 15) is 4.79 Å². The fourth-order valence-electron chi connectivity index (χ4n) is 3.05. The number of anilines is 1. The Morgan fingerprint density at radius 3 is 2.56 bits per heavy atom. The molecule has 0 aliphatic carbocycles. The van der Waals surface area contributed by atoms with Gasteiger partial charge in [0.15, 0.2) is 11.5 Å². The van der Waals surface area contributed by atoms with Crippen molar-refractivity contribution in [3.05, 3.63) is 48.0 Å². The minimum atomic E-state index is -0.429. The highest BCUT2D eigenvalue weighted by atomic mass is 16.5. The van der Waals surface area contributed by atoms with Gasteiger partial charge in [-0.25, -0.2) is 0 Å². The van der Waals surface area contributed by atoms with Gasteiger partial charge in [0, 0.05) is 0 Å². The maximum atomic E-state index is 13.0. The zero-order chi connectivity index (χ0) is 18.0. The van der Waals surface area contributed by atoms with Crippen molar-refractivity contribution in [1.29, 1.82) is 0 Å². The number of para-hydroxylation sites is 2. The monoisotopic (exact) mass is 341 g/mol. The summed E-state index contributed by atoms with van der Waals surface area (Å²) in [5, 5.41) is 0. The van der Waals surface area contributed by atoms with Crippen LogP contribution in [-0.4, -0.2) is 32.3 Å². The Morgan fingerprint density at radius 2 is 1.84 bits per heavy atom. The first kappa shape index (κ1) is 17.1. The number of carbonyl (C=O) groups is 1. The molecule has 3 rings (SSSR count). The third kappa shape index (κ3) is 3.55. The molecule has 0 N–H and O–H groups in total. The van der Waals surface area contributed by atoms with Crippen molar-refractivity contribution in [1.82, 2.24) is 0 Å². The number of ether oxygens (including phenoxy) is 3. The fourth-order valence-corrected chi connectivity index (χ4v) is 3.05. The summed E-state index contributed by atoms with van der Waals surface area (Å²) in [6.45, 7) is 4.48. The Kier molecular flexibility index (Phi) is 4.57. The van der Waals surface area contributed by atoms with Crippen molar-refractivity contribution < 1.29 is 19.0 Å². The third-order valence-electron chi connectivity index (χ3n) is 4.19. The van der Waals surface area contributed by atoms with E-state index in [1.54, 1.807) is 19.1 Å². The van der Waals surface area contributed by atoms with Crippen molar-refractivity contribution in [2.24, 2.45) is 0 Å². The lowest BCUT2D eigenvalue weighted by Gasteiger charge is -2.39. The second kappa shape index (κ2) is 6.67. The summed E-state index contributed by atoms with van der Waals surface area (Å²) < 4.78 is 16.6. The Bertz CT molecular complexity index is 785. The van der Waals surface area contributed by atoms with Crippen LogP contribution in [0.1, 0.15) is 19.4 Å². The van der Waals surface area contributed by atoms with E-state index in [0.717, 1.165) is 17.0 Å². The van der Waals surface area contributed by atoms with Gasteiger partial charge in [0.25, 0.3) is 0 Å². The van der Waals surface area contributed by atoms with E-state index in [4.69, 9.17) is 14.2 Å². The topological polar surface area (TPSA) is 48.0 Å². The summed E-state index contributed by atoms with van der Waals surface area (Å²) in [6.07, 6.45) is 0.283. The molecule has 5 nitrogen and oxygen atoms in total. The quantitative estimate of drug-likeness (QED) is 0.855. The number of nitrogens with zero attached hydrogens (tertiary/aromatic N) is 1. The highest BCUT2D eigenvalue weighted by Crippen LogP contribution is 2.37. The van der Waals surface area contributed by atoms with Crippen LogP contribution in [0.5, 0.6) is 17.2 Å². The summed E-state index contributed by atoms with van der Waals surface area (Å²) in [5.41, 5.74) is 1.26. The summed E-state index contributed by atoms with van der Waals surface area (Å²) in [6, 6.07) is 13.2. The molecule has 5 heteroatoms. The second-order valence-corrected chi connectivity index (χ2v) is 6.68. The average molecular weight is 341 g/mol. The largest absolute Gasteiger partial charge is 0.493 e. The van der Waals surface area contributed by atoms with Crippen molar-refractivity contribution >= 4 is 11.6 Å². The molecule has 0 bridgehead atoms. The highest BCUT2D eigenvalue weighted by molar-refractivity contribution is 5.96. The first-order valence-electron chi connectivity index (χ1n) is 8.23. The van der Waals surface area contributed by atoms with E-state index in [-0.39, 0.29) is 12.3 Å². The predicted octanol–water partition coefficient (Wildman–Crippen LogP) is 3.45. The van der Waals surface area contributed by atoms with Crippen LogP contribution in [0.4, 0.5) is 5.69 Å². The van der Waals surface area contributed by atoms with E-state index in [1.165, 1.54) is 0 Å².